The van der Waals surface area contributed by atoms with Crippen LogP contribution >= 0.6 is 22.9 Å². The zero-order chi connectivity index (χ0) is 13.0. The average Bonchev–Trinajstić information content (AvgIpc) is 2.82. The van der Waals surface area contributed by atoms with Crippen LogP contribution < -0.4 is 4.74 Å². The Morgan fingerprint density at radius 2 is 2.17 bits per heavy atom. The van der Waals surface area contributed by atoms with Crippen molar-refractivity contribution in [1.82, 2.24) is 0 Å². The lowest BCUT2D eigenvalue weighted by atomic mass is 10.0. The molecule has 18 heavy (non-hydrogen) atoms. The Bertz CT molecular complexity index is 497. The fourth-order valence-corrected chi connectivity index (χ4v) is 2.87. The average molecular weight is 283 g/mol. The van der Waals surface area contributed by atoms with Gasteiger partial charge in [-0.1, -0.05) is 17.7 Å². The van der Waals surface area contributed by atoms with Gasteiger partial charge in [0.1, 0.15) is 5.75 Å². The molecule has 0 bridgehead atoms. The van der Waals surface area contributed by atoms with Crippen LogP contribution in [0.4, 0.5) is 0 Å². The van der Waals surface area contributed by atoms with E-state index in [2.05, 4.69) is 0 Å². The molecule has 0 amide bonds. The van der Waals surface area contributed by atoms with Crippen LogP contribution in [0.1, 0.15) is 10.4 Å². The van der Waals surface area contributed by atoms with Gasteiger partial charge in [0.15, 0.2) is 0 Å². The molecule has 0 aliphatic rings. The number of aliphatic hydroxyl groups excluding tert-OH is 1. The summed E-state index contributed by atoms with van der Waals surface area (Å²) in [4.78, 5) is 1.18. The number of halogens is 1. The quantitative estimate of drug-likeness (QED) is 0.909. The molecule has 1 unspecified atom stereocenters. The molecule has 1 heterocycles. The van der Waals surface area contributed by atoms with E-state index < -0.39 is 6.10 Å². The van der Waals surface area contributed by atoms with Crippen LogP contribution in [-0.4, -0.2) is 18.3 Å². The molecule has 0 fully saturated rings. The summed E-state index contributed by atoms with van der Waals surface area (Å²) in [5.74, 6) is 0.768. The van der Waals surface area contributed by atoms with Crippen molar-refractivity contribution in [2.45, 2.75) is 18.9 Å². The third-order valence-corrected chi connectivity index (χ3v) is 3.85. The van der Waals surface area contributed by atoms with Crippen LogP contribution in [0.3, 0.4) is 0 Å². The molecule has 2 nitrogen and oxygen atoms in total. The number of hydrogen-bond donors (Lipinski definition) is 1. The Hall–Kier alpha value is -1.03. The van der Waals surface area contributed by atoms with Gasteiger partial charge in [-0.2, -0.15) is 0 Å². The maximum atomic E-state index is 10.1. The first-order valence-corrected chi connectivity index (χ1v) is 6.97. The Balaban J connectivity index is 2.06. The highest BCUT2D eigenvalue weighted by Crippen LogP contribution is 2.25. The summed E-state index contributed by atoms with van der Waals surface area (Å²) in [7, 11) is 1.62. The van der Waals surface area contributed by atoms with Crippen molar-refractivity contribution in [3.63, 3.8) is 0 Å². The number of hydrogen-bond acceptors (Lipinski definition) is 3. The maximum Gasteiger partial charge on any atom is 0.122 e. The number of rotatable bonds is 5. The molecule has 1 N–H and O–H groups in total. The molecular weight excluding hydrogens is 268 g/mol. The van der Waals surface area contributed by atoms with E-state index in [1.54, 1.807) is 24.5 Å². The summed E-state index contributed by atoms with van der Waals surface area (Å²) in [6, 6.07) is 9.48. The van der Waals surface area contributed by atoms with E-state index >= 15 is 0 Å². The molecule has 2 rings (SSSR count). The van der Waals surface area contributed by atoms with Gasteiger partial charge in [0.2, 0.25) is 0 Å². The van der Waals surface area contributed by atoms with Gasteiger partial charge in [0.05, 0.1) is 13.2 Å². The molecular formula is C14H15ClO2S. The van der Waals surface area contributed by atoms with Crippen LogP contribution in [0.5, 0.6) is 5.75 Å². The second-order valence-corrected chi connectivity index (χ2v) is 5.57. The Kier molecular flexibility index (Phi) is 4.64. The van der Waals surface area contributed by atoms with Crippen LogP contribution in [0, 0.1) is 0 Å². The molecule has 1 atom stereocenters. The van der Waals surface area contributed by atoms with Gasteiger partial charge in [0.25, 0.3) is 0 Å². The minimum Gasteiger partial charge on any atom is -0.496 e. The van der Waals surface area contributed by atoms with E-state index in [0.717, 1.165) is 11.3 Å². The molecule has 1 aromatic heterocycles. The first-order chi connectivity index (χ1) is 8.69. The van der Waals surface area contributed by atoms with E-state index in [4.69, 9.17) is 16.3 Å². The van der Waals surface area contributed by atoms with Gasteiger partial charge in [-0.05, 0) is 35.2 Å². The van der Waals surface area contributed by atoms with E-state index in [0.29, 0.717) is 17.9 Å². The highest BCUT2D eigenvalue weighted by Gasteiger charge is 2.11. The SMILES string of the molecule is COc1ccc(Cl)cc1CC(O)Cc1cccs1. The topological polar surface area (TPSA) is 29.5 Å². The zero-order valence-corrected chi connectivity index (χ0v) is 11.7. The molecule has 2 aromatic rings. The third-order valence-electron chi connectivity index (χ3n) is 2.71. The normalized spacial score (nSPS) is 12.4. The molecule has 0 aliphatic heterocycles. The number of aliphatic hydroxyl groups is 1. The molecule has 96 valence electrons. The maximum absolute atomic E-state index is 10.1. The molecule has 0 spiro atoms. The van der Waals surface area contributed by atoms with Crippen LogP contribution in [0.15, 0.2) is 35.7 Å². The van der Waals surface area contributed by atoms with Crippen LogP contribution in [0.25, 0.3) is 0 Å². The standard InChI is InChI=1S/C14H15ClO2S/c1-17-14-5-4-11(15)7-10(14)8-12(16)9-13-3-2-6-18-13/h2-7,12,16H,8-9H2,1H3. The van der Waals surface area contributed by atoms with Crippen molar-refractivity contribution in [1.29, 1.82) is 0 Å². The molecule has 1 aromatic carbocycles. The zero-order valence-electron chi connectivity index (χ0n) is 10.1. The van der Waals surface area contributed by atoms with Crippen molar-refractivity contribution in [3.05, 3.63) is 51.2 Å². The number of benzene rings is 1. The Labute approximate surface area is 116 Å². The second-order valence-electron chi connectivity index (χ2n) is 4.10. The van der Waals surface area contributed by atoms with Crippen LogP contribution in [-0.2, 0) is 12.8 Å². The van der Waals surface area contributed by atoms with E-state index in [-0.39, 0.29) is 0 Å². The molecule has 0 aliphatic carbocycles. The van der Waals surface area contributed by atoms with E-state index in [1.807, 2.05) is 29.6 Å². The number of methoxy groups -OCH3 is 1. The molecule has 0 radical (unpaired) electrons. The summed E-state index contributed by atoms with van der Waals surface area (Å²) in [6.45, 7) is 0. The summed E-state index contributed by atoms with van der Waals surface area (Å²) < 4.78 is 5.27. The molecule has 0 saturated heterocycles. The van der Waals surface area contributed by atoms with Gasteiger partial charge < -0.3 is 9.84 Å². The summed E-state index contributed by atoms with van der Waals surface area (Å²) in [5.41, 5.74) is 0.939. The third kappa shape index (κ3) is 3.48. The summed E-state index contributed by atoms with van der Waals surface area (Å²) in [6.07, 6.45) is 0.783. The van der Waals surface area contributed by atoms with E-state index in [9.17, 15) is 5.11 Å². The van der Waals surface area contributed by atoms with Crippen LogP contribution in [0.2, 0.25) is 5.02 Å². The lowest BCUT2D eigenvalue weighted by molar-refractivity contribution is 0.175. The molecule has 0 saturated carbocycles. The van der Waals surface area contributed by atoms with Gasteiger partial charge in [-0.25, -0.2) is 0 Å². The van der Waals surface area contributed by atoms with Crippen molar-refractivity contribution >= 4 is 22.9 Å². The van der Waals surface area contributed by atoms with Gasteiger partial charge >= 0.3 is 0 Å². The minimum absolute atomic E-state index is 0.420. The number of thiophene rings is 1. The van der Waals surface area contributed by atoms with Crippen molar-refractivity contribution < 1.29 is 9.84 Å². The highest BCUT2D eigenvalue weighted by atomic mass is 35.5. The van der Waals surface area contributed by atoms with Crippen molar-refractivity contribution in [3.8, 4) is 5.75 Å². The largest absolute Gasteiger partial charge is 0.496 e. The predicted octanol–water partition coefficient (Wildman–Crippen LogP) is 3.56. The Morgan fingerprint density at radius 3 is 2.83 bits per heavy atom. The minimum atomic E-state index is -0.420. The fraction of sp³-hybridized carbons (Fsp3) is 0.286. The first kappa shape index (κ1) is 13.4. The lowest BCUT2D eigenvalue weighted by Crippen LogP contribution is -2.13. The summed E-state index contributed by atoms with van der Waals surface area (Å²) in [5, 5.41) is 12.8. The smallest absolute Gasteiger partial charge is 0.122 e. The predicted molar refractivity (Wildman–Crippen MR) is 75.7 cm³/mol. The highest BCUT2D eigenvalue weighted by molar-refractivity contribution is 7.09. The van der Waals surface area contributed by atoms with Gasteiger partial charge in [-0.3, -0.25) is 0 Å². The fourth-order valence-electron chi connectivity index (χ4n) is 1.89. The first-order valence-electron chi connectivity index (χ1n) is 5.72. The van der Waals surface area contributed by atoms with E-state index in [1.165, 1.54) is 4.88 Å². The monoisotopic (exact) mass is 282 g/mol. The van der Waals surface area contributed by atoms with Gasteiger partial charge in [-0.15, -0.1) is 11.3 Å². The van der Waals surface area contributed by atoms with Crippen molar-refractivity contribution in [2.75, 3.05) is 7.11 Å². The van der Waals surface area contributed by atoms with Crippen molar-refractivity contribution in [2.24, 2.45) is 0 Å². The Morgan fingerprint density at radius 1 is 1.33 bits per heavy atom. The van der Waals surface area contributed by atoms with Gasteiger partial charge in [0, 0.05) is 22.7 Å². The summed E-state index contributed by atoms with van der Waals surface area (Å²) >= 11 is 7.62. The number of ether oxygens (including phenoxy) is 1. The molecule has 4 heteroatoms. The second kappa shape index (κ2) is 6.23. The lowest BCUT2D eigenvalue weighted by Gasteiger charge is -2.13.